The number of nitrogens with one attached hydrogen (secondary N) is 2. The lowest BCUT2D eigenvalue weighted by Crippen LogP contribution is -1.98. The van der Waals surface area contributed by atoms with Crippen LogP contribution in [0.15, 0.2) is 34.1 Å². The molecule has 0 radical (unpaired) electrons. The van der Waals surface area contributed by atoms with E-state index in [1.807, 2.05) is 39.8 Å². The molecule has 0 fully saturated rings. The molecule has 6 heteroatoms. The molecule has 0 aliphatic heterocycles. The largest absolute Gasteiger partial charge is 0.507 e. The fourth-order valence-electron chi connectivity index (χ4n) is 2.33. The molecule has 0 spiro atoms. The first-order chi connectivity index (χ1) is 11.5. The maximum Gasteiger partial charge on any atom is 0.132 e. The van der Waals surface area contributed by atoms with Crippen molar-refractivity contribution in [3.05, 3.63) is 35.4 Å². The molecule has 2 aromatic rings. The number of hydrogen-bond donors (Lipinski definition) is 4. The molecular formula is C18H24N2O2S2. The van der Waals surface area contributed by atoms with E-state index in [2.05, 4.69) is 10.6 Å². The van der Waals surface area contributed by atoms with Crippen molar-refractivity contribution in [2.45, 2.75) is 37.5 Å². The van der Waals surface area contributed by atoms with Gasteiger partial charge in [-0.25, -0.2) is 0 Å². The maximum atomic E-state index is 10.2. The SMILES string of the molecule is CCNc1cc(O)c(SSc2cc(C)c(NCC)cc2O)cc1C. The van der Waals surface area contributed by atoms with Crippen LogP contribution in [0.3, 0.4) is 0 Å². The Hall–Kier alpha value is -1.66. The zero-order valence-electron chi connectivity index (χ0n) is 14.4. The Morgan fingerprint density at radius 1 is 0.750 bits per heavy atom. The van der Waals surface area contributed by atoms with Gasteiger partial charge in [0.05, 0.1) is 9.79 Å². The minimum Gasteiger partial charge on any atom is -0.507 e. The Bertz CT molecular complexity index is 659. The standard InChI is InChI=1S/C18H24N2O2S2/c1-5-19-13-9-15(21)17(7-11(13)3)23-24-18-8-12(4)14(20-6-2)10-16(18)22/h7-10,19-22H,5-6H2,1-4H3. The second-order valence-electron chi connectivity index (χ2n) is 5.50. The molecule has 0 bridgehead atoms. The minimum atomic E-state index is 0.245. The highest BCUT2D eigenvalue weighted by atomic mass is 33.1. The van der Waals surface area contributed by atoms with E-state index in [-0.39, 0.29) is 11.5 Å². The summed E-state index contributed by atoms with van der Waals surface area (Å²) in [5, 5.41) is 26.9. The summed E-state index contributed by atoms with van der Waals surface area (Å²) in [6.45, 7) is 9.70. The third kappa shape index (κ3) is 4.45. The summed E-state index contributed by atoms with van der Waals surface area (Å²) < 4.78 is 0. The first kappa shape index (κ1) is 18.7. The third-order valence-corrected chi connectivity index (χ3v) is 5.99. The normalized spacial score (nSPS) is 10.7. The summed E-state index contributed by atoms with van der Waals surface area (Å²) in [5.41, 5.74) is 4.05. The minimum absolute atomic E-state index is 0.245. The quantitative estimate of drug-likeness (QED) is 0.495. The molecular weight excluding hydrogens is 340 g/mol. The lowest BCUT2D eigenvalue weighted by atomic mass is 10.2. The van der Waals surface area contributed by atoms with Gasteiger partial charge in [0, 0.05) is 36.6 Å². The van der Waals surface area contributed by atoms with Crippen LogP contribution in [0, 0.1) is 13.8 Å². The molecule has 0 saturated carbocycles. The van der Waals surface area contributed by atoms with Crippen LogP contribution >= 0.6 is 21.6 Å². The fourth-order valence-corrected chi connectivity index (χ4v) is 4.58. The van der Waals surface area contributed by atoms with Gasteiger partial charge in [-0.15, -0.1) is 0 Å². The molecule has 0 saturated heterocycles. The van der Waals surface area contributed by atoms with E-state index in [0.717, 1.165) is 45.4 Å². The molecule has 0 unspecified atom stereocenters. The highest BCUT2D eigenvalue weighted by Crippen LogP contribution is 2.46. The molecule has 24 heavy (non-hydrogen) atoms. The molecule has 0 amide bonds. The zero-order chi connectivity index (χ0) is 17.7. The Morgan fingerprint density at radius 2 is 1.12 bits per heavy atom. The summed E-state index contributed by atoms with van der Waals surface area (Å²) in [4.78, 5) is 1.57. The van der Waals surface area contributed by atoms with E-state index in [1.54, 1.807) is 12.1 Å². The van der Waals surface area contributed by atoms with Gasteiger partial charge in [-0.1, -0.05) is 0 Å². The van der Waals surface area contributed by atoms with E-state index in [0.29, 0.717) is 0 Å². The van der Waals surface area contributed by atoms with Gasteiger partial charge in [0.2, 0.25) is 0 Å². The van der Waals surface area contributed by atoms with Crippen LogP contribution in [0.5, 0.6) is 11.5 Å². The fraction of sp³-hybridized carbons (Fsp3) is 0.333. The first-order valence-corrected chi connectivity index (χ1v) is 10.1. The van der Waals surface area contributed by atoms with E-state index in [1.165, 1.54) is 21.6 Å². The Labute approximate surface area is 151 Å². The molecule has 0 atom stereocenters. The first-order valence-electron chi connectivity index (χ1n) is 7.95. The van der Waals surface area contributed by atoms with Gasteiger partial charge in [0.25, 0.3) is 0 Å². The average molecular weight is 365 g/mol. The number of rotatable bonds is 7. The second-order valence-corrected chi connectivity index (χ2v) is 7.71. The highest BCUT2D eigenvalue weighted by Gasteiger charge is 2.11. The van der Waals surface area contributed by atoms with Crippen molar-refractivity contribution < 1.29 is 10.2 Å². The van der Waals surface area contributed by atoms with Crippen LogP contribution in [-0.4, -0.2) is 23.3 Å². The molecule has 4 nitrogen and oxygen atoms in total. The molecule has 2 aromatic carbocycles. The molecule has 0 aliphatic carbocycles. The topological polar surface area (TPSA) is 64.5 Å². The monoisotopic (exact) mass is 364 g/mol. The number of aryl methyl sites for hydroxylation is 2. The van der Waals surface area contributed by atoms with E-state index in [4.69, 9.17) is 0 Å². The predicted octanol–water partition coefficient (Wildman–Crippen LogP) is 5.38. The summed E-state index contributed by atoms with van der Waals surface area (Å²) in [7, 11) is 2.88. The second kappa shape index (κ2) is 8.44. The van der Waals surface area contributed by atoms with Crippen LogP contribution in [0.25, 0.3) is 0 Å². The van der Waals surface area contributed by atoms with Crippen molar-refractivity contribution in [3.63, 3.8) is 0 Å². The van der Waals surface area contributed by atoms with Crippen LogP contribution in [-0.2, 0) is 0 Å². The van der Waals surface area contributed by atoms with E-state index in [9.17, 15) is 10.2 Å². The Balaban J connectivity index is 2.16. The lowest BCUT2D eigenvalue weighted by molar-refractivity contribution is 0.461. The van der Waals surface area contributed by atoms with Crippen molar-refractivity contribution in [1.29, 1.82) is 0 Å². The summed E-state index contributed by atoms with van der Waals surface area (Å²) in [5.74, 6) is 0.490. The number of hydrogen-bond acceptors (Lipinski definition) is 6. The number of anilines is 2. The van der Waals surface area contributed by atoms with Gasteiger partial charge in [-0.2, -0.15) is 0 Å². The molecule has 130 valence electrons. The molecule has 4 N–H and O–H groups in total. The molecule has 2 rings (SSSR count). The van der Waals surface area contributed by atoms with Crippen LogP contribution in [0.1, 0.15) is 25.0 Å². The number of phenolic OH excluding ortho intramolecular Hbond substituents is 2. The van der Waals surface area contributed by atoms with Crippen LogP contribution in [0.4, 0.5) is 11.4 Å². The smallest absolute Gasteiger partial charge is 0.132 e. The highest BCUT2D eigenvalue weighted by molar-refractivity contribution is 8.76. The van der Waals surface area contributed by atoms with Gasteiger partial charge in [0.15, 0.2) is 0 Å². The predicted molar refractivity (Wildman–Crippen MR) is 106 cm³/mol. The van der Waals surface area contributed by atoms with Crippen LogP contribution in [0.2, 0.25) is 0 Å². The van der Waals surface area contributed by atoms with Gasteiger partial charge in [-0.3, -0.25) is 0 Å². The van der Waals surface area contributed by atoms with Crippen molar-refractivity contribution in [3.8, 4) is 11.5 Å². The Morgan fingerprint density at radius 3 is 1.46 bits per heavy atom. The maximum absolute atomic E-state index is 10.2. The van der Waals surface area contributed by atoms with E-state index < -0.39 is 0 Å². The average Bonchev–Trinajstić information content (AvgIpc) is 2.53. The van der Waals surface area contributed by atoms with Gasteiger partial charge >= 0.3 is 0 Å². The van der Waals surface area contributed by atoms with Gasteiger partial charge in [0.1, 0.15) is 11.5 Å². The van der Waals surface area contributed by atoms with Crippen molar-refractivity contribution in [1.82, 2.24) is 0 Å². The van der Waals surface area contributed by atoms with Gasteiger partial charge < -0.3 is 20.8 Å². The molecule has 0 aliphatic rings. The molecule has 0 heterocycles. The van der Waals surface area contributed by atoms with Crippen molar-refractivity contribution in [2.75, 3.05) is 23.7 Å². The third-order valence-electron chi connectivity index (χ3n) is 3.57. The lowest BCUT2D eigenvalue weighted by Gasteiger charge is -2.13. The summed E-state index contributed by atoms with van der Waals surface area (Å²) in [6, 6.07) is 7.42. The van der Waals surface area contributed by atoms with E-state index >= 15 is 0 Å². The zero-order valence-corrected chi connectivity index (χ0v) is 16.1. The van der Waals surface area contributed by atoms with Crippen molar-refractivity contribution in [2.24, 2.45) is 0 Å². The summed E-state index contributed by atoms with van der Waals surface area (Å²) >= 11 is 0. The van der Waals surface area contributed by atoms with Crippen molar-refractivity contribution >= 4 is 33.0 Å². The number of benzene rings is 2. The molecule has 0 aromatic heterocycles. The number of phenols is 2. The number of aromatic hydroxyl groups is 2. The van der Waals surface area contributed by atoms with Gasteiger partial charge in [-0.05, 0) is 72.5 Å². The van der Waals surface area contributed by atoms with Crippen LogP contribution < -0.4 is 10.6 Å². The summed E-state index contributed by atoms with van der Waals surface area (Å²) in [6.07, 6.45) is 0. The Kier molecular flexibility index (Phi) is 6.57.